The van der Waals surface area contributed by atoms with E-state index in [1.54, 1.807) is 6.07 Å². The van der Waals surface area contributed by atoms with E-state index in [2.05, 4.69) is 0 Å². The summed E-state index contributed by atoms with van der Waals surface area (Å²) in [5, 5.41) is 8.40. The Balaban J connectivity index is 3.47. The molecule has 0 fully saturated rings. The number of nitrogens with zero attached hydrogens (tertiary/aromatic N) is 1. The van der Waals surface area contributed by atoms with Crippen molar-refractivity contribution in [1.82, 2.24) is 0 Å². The maximum Gasteiger partial charge on any atom is 0.333 e. The molecule has 0 aliphatic heterocycles. The lowest BCUT2D eigenvalue weighted by atomic mass is 10.2. The minimum atomic E-state index is -4.77. The van der Waals surface area contributed by atoms with Gasteiger partial charge in [0.05, 0.1) is 5.56 Å². The minimum absolute atomic E-state index is 0.181. The van der Waals surface area contributed by atoms with Crippen molar-refractivity contribution in [2.45, 2.75) is 4.90 Å². The number of benzene rings is 1. The monoisotopic (exact) mass is 185 g/mol. The van der Waals surface area contributed by atoms with Crippen LogP contribution >= 0.6 is 0 Å². The fourth-order valence-corrected chi connectivity index (χ4v) is 1.39. The van der Waals surface area contributed by atoms with Gasteiger partial charge in [0.15, 0.2) is 0 Å². The van der Waals surface area contributed by atoms with Crippen LogP contribution in [0.5, 0.6) is 0 Å². The molecule has 0 saturated carbocycles. The average molecular weight is 185 g/mol. The molecule has 0 unspecified atom stereocenters. The van der Waals surface area contributed by atoms with Gasteiger partial charge in [-0.1, -0.05) is 12.1 Å². The maximum absolute atomic E-state index is 12.4. The van der Waals surface area contributed by atoms with Crippen LogP contribution in [0.4, 0.5) is 3.89 Å². The van der Waals surface area contributed by atoms with Gasteiger partial charge >= 0.3 is 10.2 Å². The van der Waals surface area contributed by atoms with E-state index in [9.17, 15) is 12.3 Å². The fraction of sp³-hybridized carbons (Fsp3) is 0. The molecule has 1 rings (SSSR count). The zero-order valence-electron chi connectivity index (χ0n) is 5.86. The smallest absolute Gasteiger partial charge is 0.192 e. The van der Waals surface area contributed by atoms with Crippen molar-refractivity contribution in [3.63, 3.8) is 0 Å². The summed E-state index contributed by atoms with van der Waals surface area (Å²) < 4.78 is 33.2. The lowest BCUT2D eigenvalue weighted by molar-refractivity contribution is 0.552. The van der Waals surface area contributed by atoms with Crippen LogP contribution in [0.1, 0.15) is 5.56 Å². The predicted octanol–water partition coefficient (Wildman–Crippen LogP) is 1.22. The first kappa shape index (κ1) is 8.68. The third-order valence-electron chi connectivity index (χ3n) is 1.27. The Kier molecular flexibility index (Phi) is 2.11. The van der Waals surface area contributed by atoms with Gasteiger partial charge in [-0.25, -0.2) is 0 Å². The number of nitriles is 1. The topological polar surface area (TPSA) is 57.9 Å². The summed E-state index contributed by atoms with van der Waals surface area (Å²) in [5.41, 5.74) is -0.181. The molecule has 0 bridgehead atoms. The predicted molar refractivity (Wildman–Crippen MR) is 39.5 cm³/mol. The van der Waals surface area contributed by atoms with Gasteiger partial charge in [-0.15, -0.1) is 3.89 Å². The Bertz CT molecular complexity index is 433. The van der Waals surface area contributed by atoms with E-state index in [-0.39, 0.29) is 5.56 Å². The van der Waals surface area contributed by atoms with E-state index in [1.807, 2.05) is 0 Å². The highest BCUT2D eigenvalue weighted by atomic mass is 32.3. The van der Waals surface area contributed by atoms with Crippen molar-refractivity contribution in [3.05, 3.63) is 29.8 Å². The van der Waals surface area contributed by atoms with Crippen molar-refractivity contribution >= 4 is 10.2 Å². The van der Waals surface area contributed by atoms with Gasteiger partial charge in [-0.2, -0.15) is 13.7 Å². The molecule has 0 N–H and O–H groups in total. The molecule has 0 spiro atoms. The van der Waals surface area contributed by atoms with Gasteiger partial charge in [0.25, 0.3) is 0 Å². The normalized spacial score (nSPS) is 10.7. The van der Waals surface area contributed by atoms with Gasteiger partial charge in [0.1, 0.15) is 11.0 Å². The third kappa shape index (κ3) is 1.60. The highest BCUT2D eigenvalue weighted by Crippen LogP contribution is 2.16. The molecule has 62 valence electrons. The van der Waals surface area contributed by atoms with Gasteiger partial charge in [0.2, 0.25) is 0 Å². The summed E-state index contributed by atoms with van der Waals surface area (Å²) in [6.45, 7) is 0. The van der Waals surface area contributed by atoms with E-state index in [1.165, 1.54) is 18.2 Å². The molecule has 0 saturated heterocycles. The molecule has 1 aromatic rings. The second-order valence-electron chi connectivity index (χ2n) is 2.05. The summed E-state index contributed by atoms with van der Waals surface area (Å²) >= 11 is 0. The lowest BCUT2D eigenvalue weighted by Gasteiger charge is -1.95. The minimum Gasteiger partial charge on any atom is -0.192 e. The van der Waals surface area contributed by atoms with Gasteiger partial charge < -0.3 is 0 Å². The number of hydrogen-bond acceptors (Lipinski definition) is 3. The van der Waals surface area contributed by atoms with Crippen LogP contribution in [0.3, 0.4) is 0 Å². The summed E-state index contributed by atoms with van der Waals surface area (Å²) in [7, 11) is -4.77. The van der Waals surface area contributed by atoms with Gasteiger partial charge in [-0.3, -0.25) is 0 Å². The molecule has 0 aromatic heterocycles. The van der Waals surface area contributed by atoms with Gasteiger partial charge in [0, 0.05) is 0 Å². The summed E-state index contributed by atoms with van der Waals surface area (Å²) in [4.78, 5) is -0.576. The maximum atomic E-state index is 12.4. The zero-order chi connectivity index (χ0) is 9.19. The van der Waals surface area contributed by atoms with E-state index < -0.39 is 15.1 Å². The molecular weight excluding hydrogens is 181 g/mol. The largest absolute Gasteiger partial charge is 0.333 e. The van der Waals surface area contributed by atoms with Crippen molar-refractivity contribution in [3.8, 4) is 6.07 Å². The Morgan fingerprint density at radius 2 is 1.92 bits per heavy atom. The van der Waals surface area contributed by atoms with Crippen LogP contribution < -0.4 is 0 Å². The number of rotatable bonds is 1. The van der Waals surface area contributed by atoms with Crippen LogP contribution in [0.25, 0.3) is 0 Å². The van der Waals surface area contributed by atoms with Crippen LogP contribution in [0.15, 0.2) is 29.2 Å². The highest BCUT2D eigenvalue weighted by Gasteiger charge is 2.15. The fourth-order valence-electron chi connectivity index (χ4n) is 0.772. The van der Waals surface area contributed by atoms with Crippen molar-refractivity contribution in [2.75, 3.05) is 0 Å². The van der Waals surface area contributed by atoms with Crippen molar-refractivity contribution < 1.29 is 12.3 Å². The second kappa shape index (κ2) is 2.91. The molecule has 1 aromatic carbocycles. The highest BCUT2D eigenvalue weighted by molar-refractivity contribution is 7.86. The molecule has 0 aliphatic carbocycles. The molecule has 0 atom stereocenters. The molecule has 0 heterocycles. The second-order valence-corrected chi connectivity index (χ2v) is 3.36. The Morgan fingerprint density at radius 1 is 1.33 bits per heavy atom. The molecule has 5 heteroatoms. The lowest BCUT2D eigenvalue weighted by Crippen LogP contribution is -1.94. The van der Waals surface area contributed by atoms with Crippen LogP contribution in [0, 0.1) is 11.3 Å². The first-order valence-electron chi connectivity index (χ1n) is 2.99. The SMILES string of the molecule is N#Cc1ccccc1S(=O)(=O)F. The van der Waals surface area contributed by atoms with Crippen molar-refractivity contribution in [1.29, 1.82) is 5.26 Å². The Hall–Kier alpha value is -1.41. The standard InChI is InChI=1S/C7H4FNO2S/c8-12(10,11)7-4-2-1-3-6(7)5-9/h1-4H. The molecule has 0 amide bonds. The van der Waals surface area contributed by atoms with E-state index in [4.69, 9.17) is 5.26 Å². The van der Waals surface area contributed by atoms with Crippen LogP contribution in [0.2, 0.25) is 0 Å². The molecule has 0 radical (unpaired) electrons. The van der Waals surface area contributed by atoms with E-state index in [0.717, 1.165) is 6.07 Å². The van der Waals surface area contributed by atoms with E-state index >= 15 is 0 Å². The summed E-state index contributed by atoms with van der Waals surface area (Å²) in [6.07, 6.45) is 0. The average Bonchev–Trinajstić information content (AvgIpc) is 2.03. The molecule has 0 aliphatic rings. The zero-order valence-corrected chi connectivity index (χ0v) is 6.68. The van der Waals surface area contributed by atoms with Crippen LogP contribution in [-0.2, 0) is 10.2 Å². The first-order chi connectivity index (χ1) is 5.55. The molecule has 3 nitrogen and oxygen atoms in total. The van der Waals surface area contributed by atoms with Crippen LogP contribution in [-0.4, -0.2) is 8.42 Å². The van der Waals surface area contributed by atoms with Crippen molar-refractivity contribution in [2.24, 2.45) is 0 Å². The number of hydrogen-bond donors (Lipinski definition) is 0. The van der Waals surface area contributed by atoms with E-state index in [0.29, 0.717) is 0 Å². The molecular formula is C7H4FNO2S. The third-order valence-corrected chi connectivity index (χ3v) is 2.15. The summed E-state index contributed by atoms with van der Waals surface area (Å²) in [5.74, 6) is 0. The first-order valence-corrected chi connectivity index (χ1v) is 4.38. The number of halogens is 1. The Morgan fingerprint density at radius 3 is 2.33 bits per heavy atom. The van der Waals surface area contributed by atoms with Gasteiger partial charge in [-0.05, 0) is 12.1 Å². The quantitative estimate of drug-likeness (QED) is 0.618. The molecule has 12 heavy (non-hydrogen) atoms. The summed E-state index contributed by atoms with van der Waals surface area (Å²) in [6, 6.07) is 6.69. The Labute approximate surface area is 69.3 Å².